The standard InChI is InChI=1S/C67H54N2/c1-67(2)59-35-12-9-29-57(59)65-53(32-18-36-60(65)67)46-40-42-50(43-41-46)68(61-37-13-10-28-55(61)56-34-17-23-47-22-16-31-52(64(47)56)45-20-5-3-6-21-45)51-27-15-24-48(44-51)54-33-19-39-63-66(54)58-30-11-14-38-62(58)69(63)49-25-7-4-8-26-49/h4,7-19,22-45H,3,5-6,20-21H2,1-2H3. The molecule has 0 N–H and O–H groups in total. The third kappa shape index (κ3) is 6.76. The molecular formula is C67H54N2. The van der Waals surface area contributed by atoms with Crippen LogP contribution in [0.1, 0.15) is 68.6 Å². The van der Waals surface area contributed by atoms with Gasteiger partial charge in [0.05, 0.1) is 16.7 Å². The van der Waals surface area contributed by atoms with Crippen molar-refractivity contribution in [1.82, 2.24) is 4.57 Å². The molecule has 0 amide bonds. The fourth-order valence-electron chi connectivity index (χ4n) is 12.4. The van der Waals surface area contributed by atoms with Crippen molar-refractivity contribution in [1.29, 1.82) is 0 Å². The second-order valence-corrected chi connectivity index (χ2v) is 19.8. The number of hydrogen-bond acceptors (Lipinski definition) is 1. The summed E-state index contributed by atoms with van der Waals surface area (Å²) >= 11 is 0. The minimum atomic E-state index is -0.0628. The van der Waals surface area contributed by atoms with Gasteiger partial charge in [-0.2, -0.15) is 0 Å². The highest BCUT2D eigenvalue weighted by Gasteiger charge is 2.36. The Bertz CT molecular complexity index is 3730. The van der Waals surface area contributed by atoms with Crippen LogP contribution in [0.3, 0.4) is 0 Å². The summed E-state index contributed by atoms with van der Waals surface area (Å²) in [6.45, 7) is 4.73. The molecule has 2 aliphatic carbocycles. The minimum Gasteiger partial charge on any atom is -0.310 e. The lowest BCUT2D eigenvalue weighted by Crippen LogP contribution is -2.14. The fraction of sp³-hybridized carbons (Fsp3) is 0.134. The van der Waals surface area contributed by atoms with Crippen molar-refractivity contribution in [3.8, 4) is 50.2 Å². The van der Waals surface area contributed by atoms with Crippen LogP contribution < -0.4 is 4.90 Å². The van der Waals surface area contributed by atoms with E-state index in [9.17, 15) is 0 Å². The van der Waals surface area contributed by atoms with Crippen LogP contribution in [0.4, 0.5) is 17.1 Å². The first-order valence-corrected chi connectivity index (χ1v) is 25.0. The van der Waals surface area contributed by atoms with Gasteiger partial charge in [0.2, 0.25) is 0 Å². The van der Waals surface area contributed by atoms with Crippen LogP contribution in [0, 0.1) is 0 Å². The topological polar surface area (TPSA) is 8.17 Å². The smallest absolute Gasteiger partial charge is 0.0547 e. The first-order valence-electron chi connectivity index (χ1n) is 25.0. The van der Waals surface area contributed by atoms with Crippen molar-refractivity contribution >= 4 is 49.6 Å². The normalized spacial score (nSPS) is 14.3. The van der Waals surface area contributed by atoms with Crippen LogP contribution in [-0.4, -0.2) is 4.57 Å². The van der Waals surface area contributed by atoms with Crippen molar-refractivity contribution in [2.45, 2.75) is 57.3 Å². The molecule has 69 heavy (non-hydrogen) atoms. The number of benzene rings is 10. The molecular weight excluding hydrogens is 833 g/mol. The zero-order chi connectivity index (χ0) is 46.1. The number of nitrogens with zero attached hydrogens (tertiary/aromatic N) is 2. The zero-order valence-corrected chi connectivity index (χ0v) is 39.4. The number of fused-ring (bicyclic) bond motifs is 7. The second kappa shape index (κ2) is 16.7. The summed E-state index contributed by atoms with van der Waals surface area (Å²) in [4.78, 5) is 2.51. The molecule has 2 aliphatic rings. The predicted molar refractivity (Wildman–Crippen MR) is 293 cm³/mol. The van der Waals surface area contributed by atoms with Crippen molar-refractivity contribution in [3.05, 3.63) is 241 Å². The Hall–Kier alpha value is -7.94. The van der Waals surface area contributed by atoms with Crippen LogP contribution in [0.15, 0.2) is 224 Å². The van der Waals surface area contributed by atoms with E-state index < -0.39 is 0 Å². The van der Waals surface area contributed by atoms with E-state index >= 15 is 0 Å². The SMILES string of the molecule is CC1(C)c2ccccc2-c2c(-c3ccc(N(c4cccc(-c5cccc6c5c5ccccc5n6-c5ccccc5)c4)c4ccccc4-c4cccc5cccc(C6CCCCC6)c45)cc3)cccc21. The molecule has 13 rings (SSSR count). The average Bonchev–Trinajstić information content (AvgIpc) is 3.88. The van der Waals surface area contributed by atoms with Gasteiger partial charge in [0.15, 0.2) is 0 Å². The Morgan fingerprint density at radius 1 is 0.435 bits per heavy atom. The minimum absolute atomic E-state index is 0.0628. The molecule has 0 saturated heterocycles. The fourth-order valence-corrected chi connectivity index (χ4v) is 12.4. The lowest BCUT2D eigenvalue weighted by molar-refractivity contribution is 0.445. The summed E-state index contributed by atoms with van der Waals surface area (Å²) in [6, 6.07) is 83.9. The first kappa shape index (κ1) is 41.3. The largest absolute Gasteiger partial charge is 0.310 e. The summed E-state index contributed by atoms with van der Waals surface area (Å²) in [5.74, 6) is 0.573. The summed E-state index contributed by atoms with van der Waals surface area (Å²) < 4.78 is 2.41. The molecule has 332 valence electrons. The van der Waals surface area contributed by atoms with Crippen LogP contribution in [0.25, 0.3) is 82.8 Å². The van der Waals surface area contributed by atoms with Crippen molar-refractivity contribution in [2.75, 3.05) is 4.90 Å². The Morgan fingerprint density at radius 2 is 1.07 bits per heavy atom. The molecule has 1 aromatic heterocycles. The summed E-state index contributed by atoms with van der Waals surface area (Å²) in [7, 11) is 0. The highest BCUT2D eigenvalue weighted by Crippen LogP contribution is 2.53. The molecule has 10 aromatic carbocycles. The molecule has 0 unspecified atom stereocenters. The van der Waals surface area contributed by atoms with Crippen LogP contribution >= 0.6 is 0 Å². The third-order valence-electron chi connectivity index (χ3n) is 15.6. The first-order chi connectivity index (χ1) is 34.0. The Morgan fingerprint density at radius 3 is 1.93 bits per heavy atom. The lowest BCUT2D eigenvalue weighted by Gasteiger charge is -2.29. The Kier molecular flexibility index (Phi) is 9.98. The maximum atomic E-state index is 2.51. The van der Waals surface area contributed by atoms with Gasteiger partial charge in [-0.15, -0.1) is 0 Å². The molecule has 0 bridgehead atoms. The molecule has 1 saturated carbocycles. The van der Waals surface area contributed by atoms with Gasteiger partial charge in [-0.05, 0) is 140 Å². The van der Waals surface area contributed by atoms with E-state index in [1.807, 2.05) is 0 Å². The van der Waals surface area contributed by atoms with Gasteiger partial charge in [0, 0.05) is 38.8 Å². The number of aromatic nitrogens is 1. The van der Waals surface area contributed by atoms with Gasteiger partial charge in [-0.3, -0.25) is 0 Å². The molecule has 1 fully saturated rings. The van der Waals surface area contributed by atoms with Gasteiger partial charge in [-0.25, -0.2) is 0 Å². The molecule has 0 radical (unpaired) electrons. The average molecular weight is 887 g/mol. The second-order valence-electron chi connectivity index (χ2n) is 19.8. The molecule has 11 aromatic rings. The molecule has 2 nitrogen and oxygen atoms in total. The predicted octanol–water partition coefficient (Wildman–Crippen LogP) is 18.8. The highest BCUT2D eigenvalue weighted by molar-refractivity contribution is 6.16. The monoisotopic (exact) mass is 886 g/mol. The van der Waals surface area contributed by atoms with Gasteiger partial charge >= 0.3 is 0 Å². The zero-order valence-electron chi connectivity index (χ0n) is 39.4. The number of hydrogen-bond donors (Lipinski definition) is 0. The van der Waals surface area contributed by atoms with E-state index in [1.165, 1.54) is 126 Å². The molecule has 0 spiro atoms. The van der Waals surface area contributed by atoms with E-state index in [4.69, 9.17) is 0 Å². The number of rotatable bonds is 8. The lowest BCUT2D eigenvalue weighted by atomic mass is 9.80. The molecule has 0 atom stereocenters. The third-order valence-corrected chi connectivity index (χ3v) is 15.6. The van der Waals surface area contributed by atoms with Crippen molar-refractivity contribution in [2.24, 2.45) is 0 Å². The Balaban J connectivity index is 1.01. The molecule has 2 heteroatoms. The van der Waals surface area contributed by atoms with E-state index in [1.54, 1.807) is 0 Å². The van der Waals surface area contributed by atoms with Crippen molar-refractivity contribution < 1.29 is 0 Å². The number of para-hydroxylation sites is 3. The van der Waals surface area contributed by atoms with Crippen LogP contribution in [0.5, 0.6) is 0 Å². The molecule has 0 aliphatic heterocycles. The quantitative estimate of drug-likeness (QED) is 0.148. The van der Waals surface area contributed by atoms with E-state index in [0.717, 1.165) is 22.7 Å². The van der Waals surface area contributed by atoms with E-state index in [-0.39, 0.29) is 5.41 Å². The van der Waals surface area contributed by atoms with Crippen molar-refractivity contribution in [3.63, 3.8) is 0 Å². The van der Waals surface area contributed by atoms with Crippen LogP contribution in [-0.2, 0) is 5.41 Å². The molecule has 1 heterocycles. The van der Waals surface area contributed by atoms with Gasteiger partial charge in [0.25, 0.3) is 0 Å². The summed E-state index contributed by atoms with van der Waals surface area (Å²) in [5, 5.41) is 5.21. The summed E-state index contributed by atoms with van der Waals surface area (Å²) in [5.41, 5.74) is 21.3. The summed E-state index contributed by atoms with van der Waals surface area (Å²) in [6.07, 6.45) is 6.45. The van der Waals surface area contributed by atoms with Gasteiger partial charge in [0.1, 0.15) is 0 Å². The number of anilines is 3. The van der Waals surface area contributed by atoms with E-state index in [2.05, 4.69) is 248 Å². The van der Waals surface area contributed by atoms with Gasteiger partial charge in [-0.1, -0.05) is 203 Å². The maximum Gasteiger partial charge on any atom is 0.0547 e. The van der Waals surface area contributed by atoms with E-state index in [0.29, 0.717) is 5.92 Å². The maximum absolute atomic E-state index is 2.51. The Labute approximate surface area is 405 Å². The van der Waals surface area contributed by atoms with Gasteiger partial charge < -0.3 is 9.47 Å². The highest BCUT2D eigenvalue weighted by atomic mass is 15.1. The van der Waals surface area contributed by atoms with Crippen LogP contribution in [0.2, 0.25) is 0 Å².